The molecule has 3 N–H and O–H groups in total. The Labute approximate surface area is 205 Å². The highest BCUT2D eigenvalue weighted by molar-refractivity contribution is 6.95. The molecule has 8 nitrogen and oxygen atoms in total. The van der Waals surface area contributed by atoms with Crippen molar-refractivity contribution in [3.63, 3.8) is 0 Å². The van der Waals surface area contributed by atoms with Gasteiger partial charge in [-0.05, 0) is 83.1 Å². The van der Waals surface area contributed by atoms with Gasteiger partial charge in [-0.3, -0.25) is 0 Å². The fourth-order valence-corrected chi connectivity index (χ4v) is 19.8. The van der Waals surface area contributed by atoms with Crippen LogP contribution in [0.25, 0.3) is 0 Å². The van der Waals surface area contributed by atoms with Crippen LogP contribution in [0.2, 0.25) is 57.4 Å². The molecule has 0 aromatic heterocycles. The molecule has 0 aliphatic rings. The van der Waals surface area contributed by atoms with Gasteiger partial charge in [-0.15, -0.1) is 0 Å². The van der Waals surface area contributed by atoms with Gasteiger partial charge in [-0.25, -0.2) is 4.79 Å². The van der Waals surface area contributed by atoms with Crippen molar-refractivity contribution in [1.82, 2.24) is 0 Å². The van der Waals surface area contributed by atoms with Crippen molar-refractivity contribution >= 4 is 39.7 Å². The predicted molar refractivity (Wildman–Crippen MR) is 141 cm³/mol. The van der Waals surface area contributed by atoms with Gasteiger partial charge in [0.05, 0.1) is 11.8 Å². The van der Waals surface area contributed by atoms with Gasteiger partial charge in [0.1, 0.15) is 0 Å². The monoisotopic (exact) mass is 540 g/mol. The molecule has 0 spiro atoms. The minimum Gasteiger partial charge on any atom is -0.462 e. The van der Waals surface area contributed by atoms with E-state index < -0.39 is 39.7 Å². The van der Waals surface area contributed by atoms with Gasteiger partial charge in [-0.2, -0.15) is 0 Å². The highest BCUT2D eigenvalue weighted by Gasteiger charge is 2.57. The fourth-order valence-electron chi connectivity index (χ4n) is 3.41. The van der Waals surface area contributed by atoms with E-state index in [0.29, 0.717) is 43.8 Å². The van der Waals surface area contributed by atoms with Crippen LogP contribution < -0.4 is 0 Å². The molecule has 0 saturated heterocycles. The molecule has 0 fully saturated rings. The summed E-state index contributed by atoms with van der Waals surface area (Å²) in [6, 6.07) is 2.04. The Bertz CT molecular complexity index is 544. The van der Waals surface area contributed by atoms with Gasteiger partial charge in [0.2, 0.25) is 0 Å². The van der Waals surface area contributed by atoms with Crippen molar-refractivity contribution in [1.29, 1.82) is 0 Å². The van der Waals surface area contributed by atoms with E-state index >= 15 is 0 Å². The zero-order valence-electron chi connectivity index (χ0n) is 21.9. The molecule has 0 heterocycles. The Hall–Kier alpha value is -0.162. The summed E-state index contributed by atoms with van der Waals surface area (Å²) in [5, 5.41) is 28.3. The molecule has 0 saturated carbocycles. The van der Waals surface area contributed by atoms with Crippen molar-refractivity contribution < 1.29 is 37.2 Å². The number of hydrogen-bond donors (Lipinski definition) is 3. The Morgan fingerprint density at radius 1 is 0.727 bits per heavy atom. The van der Waals surface area contributed by atoms with Crippen LogP contribution >= 0.6 is 0 Å². The lowest BCUT2D eigenvalue weighted by Gasteiger charge is -2.45. The first-order valence-electron chi connectivity index (χ1n) is 12.0. The summed E-state index contributed by atoms with van der Waals surface area (Å²) in [5.74, 6) is -0.561. The maximum absolute atomic E-state index is 13.0. The van der Waals surface area contributed by atoms with E-state index in [4.69, 9.17) is 17.1 Å². The molecule has 0 bridgehead atoms. The molecule has 33 heavy (non-hydrogen) atoms. The van der Waals surface area contributed by atoms with Crippen molar-refractivity contribution in [3.05, 3.63) is 11.8 Å². The third kappa shape index (κ3) is 12.9. The molecule has 0 aliphatic carbocycles. The highest BCUT2D eigenvalue weighted by Crippen LogP contribution is 2.35. The van der Waals surface area contributed by atoms with Crippen LogP contribution in [0, 0.1) is 0 Å². The Morgan fingerprint density at radius 2 is 1.06 bits per heavy atom. The summed E-state index contributed by atoms with van der Waals surface area (Å²) in [7, 11) is -11.1. The second kappa shape index (κ2) is 15.1. The number of ether oxygens (including phenoxy) is 1. The van der Waals surface area contributed by atoms with Gasteiger partial charge in [-0.1, -0.05) is 13.5 Å². The molecule has 12 heteroatoms. The molecular formula is C21H48O8Si4. The van der Waals surface area contributed by atoms with Crippen LogP contribution in [-0.4, -0.2) is 81.5 Å². The van der Waals surface area contributed by atoms with Crippen LogP contribution in [0.15, 0.2) is 11.8 Å². The average molecular weight is 541 g/mol. The third-order valence-corrected chi connectivity index (χ3v) is 20.6. The van der Waals surface area contributed by atoms with Crippen molar-refractivity contribution in [2.24, 2.45) is 0 Å². The van der Waals surface area contributed by atoms with E-state index in [9.17, 15) is 20.1 Å². The summed E-state index contributed by atoms with van der Waals surface area (Å²) < 4.78 is 25.8. The van der Waals surface area contributed by atoms with E-state index in [-0.39, 0.29) is 31.6 Å². The van der Waals surface area contributed by atoms with E-state index in [0.717, 1.165) is 0 Å². The van der Waals surface area contributed by atoms with Crippen molar-refractivity contribution in [2.45, 2.75) is 90.0 Å². The molecule has 0 unspecified atom stereocenters. The summed E-state index contributed by atoms with van der Waals surface area (Å²) in [4.78, 5) is 13.0. The maximum Gasteiger partial charge on any atom is 0.512 e. The fraction of sp³-hybridized carbons (Fsp3) is 0.857. The maximum atomic E-state index is 13.0. The number of aliphatic hydroxyl groups is 3. The Balaban J connectivity index is 6.46. The smallest absolute Gasteiger partial charge is 0.462 e. The topological polar surface area (TPSA) is 115 Å². The highest BCUT2D eigenvalue weighted by atomic mass is 28.5. The summed E-state index contributed by atoms with van der Waals surface area (Å²) in [6.45, 7) is 18.7. The van der Waals surface area contributed by atoms with E-state index in [1.165, 1.54) is 0 Å². The number of rotatable bonds is 19. The molecule has 0 aromatic rings. The molecule has 0 aromatic carbocycles. The lowest BCUT2D eigenvalue weighted by Crippen LogP contribution is -2.64. The van der Waals surface area contributed by atoms with E-state index in [1.807, 2.05) is 46.2 Å². The Morgan fingerprint density at radius 3 is 1.33 bits per heavy atom. The Kier molecular flexibility index (Phi) is 15.0. The van der Waals surface area contributed by atoms with E-state index in [2.05, 4.69) is 6.58 Å². The van der Waals surface area contributed by atoms with Gasteiger partial charge < -0.3 is 32.4 Å². The molecule has 196 valence electrons. The molecule has 0 rings (SSSR count). The standard InChI is InChI=1S/C21H48O8Si4/c1-9-16-26-21(25)20(2)33(27-30(3,4)17-10-13-22,28-31(5,6)18-11-14-23)29-32(7,8)19-12-15-24/h22-24H,2,9-19H2,1,3-8H3. The van der Waals surface area contributed by atoms with Crippen molar-refractivity contribution in [3.8, 4) is 0 Å². The third-order valence-electron chi connectivity index (χ3n) is 5.10. The van der Waals surface area contributed by atoms with Gasteiger partial charge >= 0.3 is 14.8 Å². The largest absolute Gasteiger partial charge is 0.512 e. The summed E-state index contributed by atoms with van der Waals surface area (Å²) >= 11 is 0. The molecular weight excluding hydrogens is 493 g/mol. The number of carbonyl (C=O) groups excluding carboxylic acids is 1. The number of aliphatic hydroxyl groups excluding tert-OH is 3. The van der Waals surface area contributed by atoms with Crippen LogP contribution in [-0.2, 0) is 21.9 Å². The van der Waals surface area contributed by atoms with Gasteiger partial charge in [0.25, 0.3) is 0 Å². The first-order valence-corrected chi connectivity index (χ1v) is 23.1. The average Bonchev–Trinajstić information content (AvgIpc) is 2.71. The molecule has 0 radical (unpaired) electrons. The zero-order valence-corrected chi connectivity index (χ0v) is 25.9. The van der Waals surface area contributed by atoms with Crippen LogP contribution in [0.3, 0.4) is 0 Å². The lowest BCUT2D eigenvalue weighted by atomic mass is 10.5. The quantitative estimate of drug-likeness (QED) is 0.129. The zero-order chi connectivity index (χ0) is 25.8. The molecule has 0 amide bonds. The minimum absolute atomic E-state index is 0.0586. The first-order chi connectivity index (χ1) is 15.2. The summed E-state index contributed by atoms with van der Waals surface area (Å²) in [5.41, 5.74) is 0. The van der Waals surface area contributed by atoms with Crippen LogP contribution in [0.5, 0.6) is 0 Å². The van der Waals surface area contributed by atoms with Gasteiger partial charge in [0.15, 0.2) is 25.0 Å². The van der Waals surface area contributed by atoms with E-state index in [1.54, 1.807) is 0 Å². The number of carbonyl (C=O) groups is 1. The van der Waals surface area contributed by atoms with Crippen LogP contribution in [0.4, 0.5) is 0 Å². The summed E-state index contributed by atoms with van der Waals surface area (Å²) in [6.07, 6.45) is 2.45. The minimum atomic E-state index is -3.80. The molecule has 0 atom stereocenters. The molecule has 0 aliphatic heterocycles. The second-order valence-corrected chi connectivity index (χ2v) is 26.5. The first kappa shape index (κ1) is 32.8. The SMILES string of the molecule is C=C(C(=O)OCCC)[Si](O[Si](C)(C)CCCO)(O[Si](C)(C)CCCO)O[Si](C)(C)CCCO. The van der Waals surface area contributed by atoms with Gasteiger partial charge in [0, 0.05) is 19.8 Å². The number of esters is 1. The van der Waals surface area contributed by atoms with Crippen molar-refractivity contribution in [2.75, 3.05) is 26.4 Å². The lowest BCUT2D eigenvalue weighted by molar-refractivity contribution is -0.138. The van der Waals surface area contributed by atoms with Crippen LogP contribution in [0.1, 0.15) is 32.6 Å². The predicted octanol–water partition coefficient (Wildman–Crippen LogP) is 3.79. The normalized spacial score (nSPS) is 13.3. The number of hydrogen-bond acceptors (Lipinski definition) is 8. The second-order valence-electron chi connectivity index (χ2n) is 10.2.